The van der Waals surface area contributed by atoms with Gasteiger partial charge in [-0.05, 0) is 43.9 Å². The Morgan fingerprint density at radius 1 is 1.25 bits per heavy atom. The average molecular weight is 328 g/mol. The molecule has 5 heteroatoms. The number of hydrogen-bond acceptors (Lipinski definition) is 3. The SMILES string of the molecule is Cc1nn(CC(C)C)c(C)c1CC(=O)NCCc1ccc(N)cc1. The number of carbonyl (C=O) groups is 1. The van der Waals surface area contributed by atoms with E-state index in [-0.39, 0.29) is 5.91 Å². The molecule has 0 radical (unpaired) electrons. The van der Waals surface area contributed by atoms with Gasteiger partial charge in [0.2, 0.25) is 5.91 Å². The molecule has 0 unspecified atom stereocenters. The number of benzene rings is 1. The zero-order valence-corrected chi connectivity index (χ0v) is 15.1. The largest absolute Gasteiger partial charge is 0.399 e. The molecule has 0 aliphatic carbocycles. The van der Waals surface area contributed by atoms with Crippen LogP contribution >= 0.6 is 0 Å². The van der Waals surface area contributed by atoms with E-state index in [0.29, 0.717) is 18.9 Å². The highest BCUT2D eigenvalue weighted by Gasteiger charge is 2.15. The first-order chi connectivity index (χ1) is 11.4. The number of carbonyl (C=O) groups excluding carboxylic acids is 1. The van der Waals surface area contributed by atoms with Crippen molar-refractivity contribution in [2.24, 2.45) is 5.92 Å². The van der Waals surface area contributed by atoms with E-state index in [1.807, 2.05) is 42.8 Å². The van der Waals surface area contributed by atoms with Gasteiger partial charge in [0.15, 0.2) is 0 Å². The second-order valence-corrected chi connectivity index (χ2v) is 6.74. The number of hydrogen-bond donors (Lipinski definition) is 2. The molecule has 1 aromatic carbocycles. The standard InChI is InChI=1S/C19H28N4O/c1-13(2)12-23-15(4)18(14(3)22-23)11-19(24)21-10-9-16-5-7-17(20)8-6-16/h5-8,13H,9-12,20H2,1-4H3,(H,21,24). The van der Waals surface area contributed by atoms with Crippen LogP contribution in [0.25, 0.3) is 0 Å². The van der Waals surface area contributed by atoms with Gasteiger partial charge in [-0.2, -0.15) is 5.10 Å². The molecule has 0 aliphatic heterocycles. The van der Waals surface area contributed by atoms with Crippen LogP contribution in [-0.4, -0.2) is 22.2 Å². The van der Waals surface area contributed by atoms with E-state index in [4.69, 9.17) is 5.73 Å². The summed E-state index contributed by atoms with van der Waals surface area (Å²) in [5, 5.41) is 7.56. The van der Waals surface area contributed by atoms with Crippen LogP contribution in [0, 0.1) is 19.8 Å². The van der Waals surface area contributed by atoms with Gasteiger partial charge in [-0.15, -0.1) is 0 Å². The van der Waals surface area contributed by atoms with Crippen molar-refractivity contribution in [1.82, 2.24) is 15.1 Å². The molecule has 0 fully saturated rings. The van der Waals surface area contributed by atoms with Crippen molar-refractivity contribution < 1.29 is 4.79 Å². The number of rotatable bonds is 7. The minimum atomic E-state index is 0.0424. The predicted octanol–water partition coefficient (Wildman–Crippen LogP) is 2.64. The van der Waals surface area contributed by atoms with Gasteiger partial charge in [0.25, 0.3) is 0 Å². The van der Waals surface area contributed by atoms with Crippen LogP contribution in [-0.2, 0) is 24.2 Å². The average Bonchev–Trinajstić information content (AvgIpc) is 2.76. The van der Waals surface area contributed by atoms with Crippen molar-refractivity contribution in [1.29, 1.82) is 0 Å². The number of aryl methyl sites for hydroxylation is 1. The molecule has 5 nitrogen and oxygen atoms in total. The van der Waals surface area contributed by atoms with Gasteiger partial charge < -0.3 is 11.1 Å². The van der Waals surface area contributed by atoms with Gasteiger partial charge in [0, 0.05) is 30.0 Å². The lowest BCUT2D eigenvalue weighted by Crippen LogP contribution is -2.27. The lowest BCUT2D eigenvalue weighted by molar-refractivity contribution is -0.120. The van der Waals surface area contributed by atoms with E-state index in [2.05, 4.69) is 24.3 Å². The maximum atomic E-state index is 12.2. The van der Waals surface area contributed by atoms with Crippen molar-refractivity contribution in [2.75, 3.05) is 12.3 Å². The zero-order chi connectivity index (χ0) is 17.7. The summed E-state index contributed by atoms with van der Waals surface area (Å²) in [6.45, 7) is 9.85. The molecular formula is C19H28N4O. The van der Waals surface area contributed by atoms with Crippen molar-refractivity contribution >= 4 is 11.6 Å². The Morgan fingerprint density at radius 2 is 1.92 bits per heavy atom. The Bertz CT molecular complexity index is 686. The van der Waals surface area contributed by atoms with Crippen molar-refractivity contribution in [3.63, 3.8) is 0 Å². The van der Waals surface area contributed by atoms with E-state index >= 15 is 0 Å². The summed E-state index contributed by atoms with van der Waals surface area (Å²) in [6.07, 6.45) is 1.19. The number of nitrogens with zero attached hydrogens (tertiary/aromatic N) is 2. The molecule has 2 aromatic rings. The lowest BCUT2D eigenvalue weighted by Gasteiger charge is -2.08. The molecule has 1 aromatic heterocycles. The quantitative estimate of drug-likeness (QED) is 0.767. The fourth-order valence-electron chi connectivity index (χ4n) is 2.77. The van der Waals surface area contributed by atoms with E-state index < -0.39 is 0 Å². The Kier molecular flexibility index (Phi) is 6.01. The smallest absolute Gasteiger partial charge is 0.224 e. The normalized spacial score (nSPS) is 11.0. The molecule has 0 saturated carbocycles. The molecule has 1 heterocycles. The van der Waals surface area contributed by atoms with E-state index in [1.54, 1.807) is 0 Å². The highest BCUT2D eigenvalue weighted by Crippen LogP contribution is 2.15. The number of nitrogens with one attached hydrogen (secondary N) is 1. The molecule has 130 valence electrons. The number of amides is 1. The van der Waals surface area contributed by atoms with Gasteiger partial charge in [-0.25, -0.2) is 0 Å². The van der Waals surface area contributed by atoms with Crippen LogP contribution in [0.4, 0.5) is 5.69 Å². The Morgan fingerprint density at radius 3 is 2.54 bits per heavy atom. The minimum absolute atomic E-state index is 0.0424. The van der Waals surface area contributed by atoms with Gasteiger partial charge in [-0.3, -0.25) is 9.48 Å². The van der Waals surface area contributed by atoms with Crippen LogP contribution < -0.4 is 11.1 Å². The lowest BCUT2D eigenvalue weighted by atomic mass is 10.1. The molecular weight excluding hydrogens is 300 g/mol. The first-order valence-electron chi connectivity index (χ1n) is 8.50. The summed E-state index contributed by atoms with van der Waals surface area (Å²) in [5.74, 6) is 0.574. The third kappa shape index (κ3) is 4.85. The maximum Gasteiger partial charge on any atom is 0.224 e. The van der Waals surface area contributed by atoms with Gasteiger partial charge in [0.05, 0.1) is 12.1 Å². The molecule has 0 bridgehead atoms. The summed E-state index contributed by atoms with van der Waals surface area (Å²) in [4.78, 5) is 12.2. The summed E-state index contributed by atoms with van der Waals surface area (Å²) < 4.78 is 2.01. The molecule has 2 rings (SSSR count). The molecule has 0 atom stereocenters. The number of anilines is 1. The molecule has 24 heavy (non-hydrogen) atoms. The van der Waals surface area contributed by atoms with Crippen LogP contribution in [0.15, 0.2) is 24.3 Å². The molecule has 0 saturated heterocycles. The first kappa shape index (κ1) is 18.0. The second kappa shape index (κ2) is 7.99. The van der Waals surface area contributed by atoms with Crippen molar-refractivity contribution in [3.8, 4) is 0 Å². The summed E-state index contributed by atoms with van der Waals surface area (Å²) in [6, 6.07) is 7.75. The van der Waals surface area contributed by atoms with E-state index in [9.17, 15) is 4.79 Å². The summed E-state index contributed by atoms with van der Waals surface area (Å²) >= 11 is 0. The van der Waals surface area contributed by atoms with Gasteiger partial charge in [0.1, 0.15) is 0 Å². The third-order valence-electron chi connectivity index (χ3n) is 4.12. The van der Waals surface area contributed by atoms with Crippen LogP contribution in [0.2, 0.25) is 0 Å². The Labute approximate surface area is 144 Å². The molecule has 0 aliphatic rings. The van der Waals surface area contributed by atoms with Crippen LogP contribution in [0.3, 0.4) is 0 Å². The fourth-order valence-corrected chi connectivity index (χ4v) is 2.77. The van der Waals surface area contributed by atoms with E-state index in [1.165, 1.54) is 5.56 Å². The van der Waals surface area contributed by atoms with Crippen LogP contribution in [0.1, 0.15) is 36.4 Å². The number of aromatic nitrogens is 2. The topological polar surface area (TPSA) is 72.9 Å². The molecule has 0 spiro atoms. The summed E-state index contributed by atoms with van der Waals surface area (Å²) in [5.41, 5.74) is 10.7. The van der Waals surface area contributed by atoms with Crippen molar-refractivity contribution in [2.45, 2.75) is 47.1 Å². The zero-order valence-electron chi connectivity index (χ0n) is 15.1. The molecule has 1 amide bonds. The second-order valence-electron chi connectivity index (χ2n) is 6.74. The predicted molar refractivity (Wildman–Crippen MR) is 97.8 cm³/mol. The third-order valence-corrected chi connectivity index (χ3v) is 4.12. The first-order valence-corrected chi connectivity index (χ1v) is 8.50. The van der Waals surface area contributed by atoms with E-state index in [0.717, 1.165) is 35.6 Å². The number of nitrogens with two attached hydrogens (primary N) is 1. The highest BCUT2D eigenvalue weighted by molar-refractivity contribution is 5.79. The fraction of sp³-hybridized carbons (Fsp3) is 0.474. The van der Waals surface area contributed by atoms with Crippen molar-refractivity contribution in [3.05, 3.63) is 46.8 Å². The number of nitrogen functional groups attached to an aromatic ring is 1. The Hall–Kier alpha value is -2.30. The Balaban J connectivity index is 1.88. The molecule has 3 N–H and O–H groups in total. The van der Waals surface area contributed by atoms with Gasteiger partial charge >= 0.3 is 0 Å². The maximum absolute atomic E-state index is 12.2. The summed E-state index contributed by atoms with van der Waals surface area (Å²) in [7, 11) is 0. The van der Waals surface area contributed by atoms with Crippen LogP contribution in [0.5, 0.6) is 0 Å². The highest BCUT2D eigenvalue weighted by atomic mass is 16.1. The monoisotopic (exact) mass is 328 g/mol. The minimum Gasteiger partial charge on any atom is -0.399 e. The van der Waals surface area contributed by atoms with Gasteiger partial charge in [-0.1, -0.05) is 26.0 Å².